The van der Waals surface area contributed by atoms with Crippen LogP contribution in [0.25, 0.3) is 0 Å². The van der Waals surface area contributed by atoms with Gasteiger partial charge in [0.2, 0.25) is 0 Å². The number of halogens is 2. The lowest BCUT2D eigenvalue weighted by Gasteiger charge is -2.14. The number of hydrogen-bond donors (Lipinski definition) is 0. The minimum Gasteiger partial charge on any atom is -0.459 e. The second-order valence-electron chi connectivity index (χ2n) is 3.93. The van der Waals surface area contributed by atoms with Gasteiger partial charge in [-0.2, -0.15) is 0 Å². The van der Waals surface area contributed by atoms with Crippen molar-refractivity contribution in [3.8, 4) is 0 Å². The van der Waals surface area contributed by atoms with E-state index in [0.29, 0.717) is 6.92 Å². The van der Waals surface area contributed by atoms with Gasteiger partial charge in [0.15, 0.2) is 6.61 Å². The van der Waals surface area contributed by atoms with Gasteiger partial charge in [-0.15, -0.1) is 0 Å². The summed E-state index contributed by atoms with van der Waals surface area (Å²) in [5.41, 5.74) is 0.199. The van der Waals surface area contributed by atoms with Gasteiger partial charge in [0.25, 0.3) is 5.92 Å². The van der Waals surface area contributed by atoms with Gasteiger partial charge < -0.3 is 9.47 Å². The van der Waals surface area contributed by atoms with Crippen LogP contribution in [0.15, 0.2) is 12.2 Å². The molecule has 0 aliphatic rings. The number of rotatable bonds is 6. The van der Waals surface area contributed by atoms with Crippen LogP contribution in [0.3, 0.4) is 0 Å². The highest BCUT2D eigenvalue weighted by atomic mass is 19.3. The topological polar surface area (TPSA) is 52.6 Å². The third kappa shape index (κ3) is 8.36. The third-order valence-electron chi connectivity index (χ3n) is 1.60. The maximum absolute atomic E-state index is 12.4. The highest BCUT2D eigenvalue weighted by molar-refractivity contribution is 5.87. The van der Waals surface area contributed by atoms with Crippen LogP contribution in [0.1, 0.15) is 27.2 Å². The Morgan fingerprint density at radius 2 is 1.94 bits per heavy atom. The predicted molar refractivity (Wildman–Crippen MR) is 56.6 cm³/mol. The summed E-state index contributed by atoms with van der Waals surface area (Å²) in [4.78, 5) is 22.1. The van der Waals surface area contributed by atoms with E-state index in [1.807, 2.05) is 0 Å². The van der Waals surface area contributed by atoms with Crippen molar-refractivity contribution in [1.29, 1.82) is 0 Å². The third-order valence-corrected chi connectivity index (χ3v) is 1.60. The summed E-state index contributed by atoms with van der Waals surface area (Å²) in [6.45, 7) is 5.96. The summed E-state index contributed by atoms with van der Waals surface area (Å²) in [5, 5.41) is 0. The van der Waals surface area contributed by atoms with Crippen LogP contribution in [-0.2, 0) is 19.1 Å². The van der Waals surface area contributed by atoms with Crippen LogP contribution in [-0.4, -0.2) is 30.6 Å². The normalized spacial score (nSPS) is 12.8. The van der Waals surface area contributed by atoms with Crippen molar-refractivity contribution in [3.63, 3.8) is 0 Å². The van der Waals surface area contributed by atoms with E-state index < -0.39 is 30.6 Å². The molecule has 0 aromatic heterocycles. The molecule has 0 aromatic rings. The molecular formula is C11H16F2O4. The standard InChI is InChI=1S/C11H16F2O4/c1-7(2)10(15)17-8(3)5-9(14)16-6-11(4,12)13/h8H,1,5-6H2,2-4H3. The molecule has 0 radical (unpaired) electrons. The summed E-state index contributed by atoms with van der Waals surface area (Å²) in [6.07, 6.45) is -1.01. The molecule has 0 heterocycles. The first kappa shape index (κ1) is 15.5. The van der Waals surface area contributed by atoms with Gasteiger partial charge in [-0.05, 0) is 13.8 Å². The Bertz CT molecular complexity index is 307. The van der Waals surface area contributed by atoms with E-state index in [-0.39, 0.29) is 12.0 Å². The van der Waals surface area contributed by atoms with E-state index in [1.165, 1.54) is 13.8 Å². The average Bonchev–Trinajstić information content (AvgIpc) is 2.13. The first-order valence-corrected chi connectivity index (χ1v) is 5.02. The van der Waals surface area contributed by atoms with Gasteiger partial charge in [0.1, 0.15) is 6.10 Å². The number of esters is 2. The molecule has 0 spiro atoms. The minimum absolute atomic E-state index is 0.199. The molecule has 6 heteroatoms. The van der Waals surface area contributed by atoms with Crippen LogP contribution in [0, 0.1) is 0 Å². The Kier molecular flexibility index (Phi) is 5.78. The van der Waals surface area contributed by atoms with Gasteiger partial charge in [0, 0.05) is 12.5 Å². The fraction of sp³-hybridized carbons (Fsp3) is 0.636. The van der Waals surface area contributed by atoms with E-state index >= 15 is 0 Å². The lowest BCUT2D eigenvalue weighted by Crippen LogP contribution is -2.25. The lowest BCUT2D eigenvalue weighted by molar-refractivity contribution is -0.158. The maximum Gasteiger partial charge on any atom is 0.333 e. The maximum atomic E-state index is 12.4. The molecule has 4 nitrogen and oxygen atoms in total. The highest BCUT2D eigenvalue weighted by Gasteiger charge is 2.24. The Morgan fingerprint density at radius 1 is 1.41 bits per heavy atom. The summed E-state index contributed by atoms with van der Waals surface area (Å²) in [7, 11) is 0. The SMILES string of the molecule is C=C(C)C(=O)OC(C)CC(=O)OCC(C)(F)F. The van der Waals surface area contributed by atoms with Crippen molar-refractivity contribution < 1.29 is 27.8 Å². The fourth-order valence-corrected chi connectivity index (χ4v) is 0.826. The molecule has 0 saturated heterocycles. The Balaban J connectivity index is 3.96. The highest BCUT2D eigenvalue weighted by Crippen LogP contribution is 2.12. The zero-order valence-electron chi connectivity index (χ0n) is 10.1. The second kappa shape index (κ2) is 6.32. The molecule has 1 unspecified atom stereocenters. The molecule has 0 aliphatic carbocycles. The molecule has 0 fully saturated rings. The van der Waals surface area contributed by atoms with E-state index in [1.54, 1.807) is 0 Å². The number of alkyl halides is 2. The van der Waals surface area contributed by atoms with E-state index in [4.69, 9.17) is 4.74 Å². The smallest absolute Gasteiger partial charge is 0.333 e. The molecule has 0 amide bonds. The fourth-order valence-electron chi connectivity index (χ4n) is 0.826. The van der Waals surface area contributed by atoms with Gasteiger partial charge in [-0.25, -0.2) is 13.6 Å². The predicted octanol–water partition coefficient (Wildman–Crippen LogP) is 2.08. The van der Waals surface area contributed by atoms with Crippen molar-refractivity contribution in [2.24, 2.45) is 0 Å². The van der Waals surface area contributed by atoms with Crippen LogP contribution in [0.4, 0.5) is 8.78 Å². The first-order valence-electron chi connectivity index (χ1n) is 5.02. The molecule has 0 aliphatic heterocycles. The van der Waals surface area contributed by atoms with Crippen molar-refractivity contribution >= 4 is 11.9 Å². The zero-order valence-corrected chi connectivity index (χ0v) is 10.1. The molecule has 0 aromatic carbocycles. The molecule has 17 heavy (non-hydrogen) atoms. The number of carbonyl (C=O) groups excluding carboxylic acids is 2. The first-order chi connectivity index (χ1) is 7.61. The molecule has 98 valence electrons. The van der Waals surface area contributed by atoms with Crippen LogP contribution in [0.5, 0.6) is 0 Å². The molecular weight excluding hydrogens is 234 g/mol. The van der Waals surface area contributed by atoms with Crippen molar-refractivity contribution in [1.82, 2.24) is 0 Å². The number of hydrogen-bond acceptors (Lipinski definition) is 4. The van der Waals surface area contributed by atoms with Crippen LogP contribution < -0.4 is 0 Å². The van der Waals surface area contributed by atoms with Crippen molar-refractivity contribution in [2.75, 3.05) is 6.61 Å². The quantitative estimate of drug-likeness (QED) is 0.535. The van der Waals surface area contributed by atoms with Gasteiger partial charge in [-0.3, -0.25) is 4.79 Å². The minimum atomic E-state index is -3.06. The molecule has 0 rings (SSSR count). The number of ether oxygens (including phenoxy) is 2. The zero-order chi connectivity index (χ0) is 13.6. The van der Waals surface area contributed by atoms with Crippen LogP contribution in [0.2, 0.25) is 0 Å². The van der Waals surface area contributed by atoms with Crippen molar-refractivity contribution in [2.45, 2.75) is 39.2 Å². The summed E-state index contributed by atoms with van der Waals surface area (Å²) in [6, 6.07) is 0. The molecule has 0 bridgehead atoms. The van der Waals surface area contributed by atoms with E-state index in [0.717, 1.165) is 0 Å². The molecule has 0 N–H and O–H groups in total. The average molecular weight is 250 g/mol. The summed E-state index contributed by atoms with van der Waals surface area (Å²) < 4.78 is 33.8. The van der Waals surface area contributed by atoms with Crippen LogP contribution >= 0.6 is 0 Å². The number of carbonyl (C=O) groups is 2. The molecule has 0 saturated carbocycles. The Hall–Kier alpha value is -1.46. The lowest BCUT2D eigenvalue weighted by atomic mass is 10.3. The molecule has 1 atom stereocenters. The van der Waals surface area contributed by atoms with Gasteiger partial charge >= 0.3 is 11.9 Å². The van der Waals surface area contributed by atoms with Gasteiger partial charge in [-0.1, -0.05) is 6.58 Å². The Morgan fingerprint density at radius 3 is 2.35 bits per heavy atom. The monoisotopic (exact) mass is 250 g/mol. The largest absolute Gasteiger partial charge is 0.459 e. The van der Waals surface area contributed by atoms with Gasteiger partial charge in [0.05, 0.1) is 6.42 Å². The van der Waals surface area contributed by atoms with E-state index in [9.17, 15) is 18.4 Å². The van der Waals surface area contributed by atoms with E-state index in [2.05, 4.69) is 11.3 Å². The van der Waals surface area contributed by atoms with Crippen molar-refractivity contribution in [3.05, 3.63) is 12.2 Å². The second-order valence-corrected chi connectivity index (χ2v) is 3.93. The summed E-state index contributed by atoms with van der Waals surface area (Å²) in [5.74, 6) is -4.53. The summed E-state index contributed by atoms with van der Waals surface area (Å²) >= 11 is 0. The Labute approximate surface area is 98.6 Å².